The topological polar surface area (TPSA) is 12.0 Å². The molecule has 0 aromatic heterocycles. The first-order valence-electron chi connectivity index (χ1n) is 5.74. The van der Waals surface area contributed by atoms with Gasteiger partial charge < -0.3 is 5.32 Å². The molecule has 0 amide bonds. The molecular formula is C15H21N. The predicted molar refractivity (Wildman–Crippen MR) is 72.5 cm³/mol. The molecule has 0 saturated carbocycles. The summed E-state index contributed by atoms with van der Waals surface area (Å²) in [6.07, 6.45) is 5.14. The third-order valence-corrected chi connectivity index (χ3v) is 2.93. The Kier molecular flexibility index (Phi) is 5.00. The molecule has 0 heterocycles. The number of benzene rings is 1. The van der Waals surface area contributed by atoms with Crippen molar-refractivity contribution < 1.29 is 0 Å². The maximum Gasteiger partial charge on any atom is 0.0285 e. The summed E-state index contributed by atoms with van der Waals surface area (Å²) >= 11 is 0. The summed E-state index contributed by atoms with van der Waals surface area (Å²) < 4.78 is 0. The van der Waals surface area contributed by atoms with E-state index in [0.29, 0.717) is 6.04 Å². The van der Waals surface area contributed by atoms with Crippen molar-refractivity contribution in [2.45, 2.75) is 26.3 Å². The van der Waals surface area contributed by atoms with Gasteiger partial charge in [-0.05, 0) is 44.0 Å². The Morgan fingerprint density at radius 2 is 2.12 bits per heavy atom. The molecular weight excluding hydrogens is 194 g/mol. The van der Waals surface area contributed by atoms with Crippen molar-refractivity contribution in [1.29, 1.82) is 0 Å². The highest BCUT2D eigenvalue weighted by molar-refractivity contribution is 5.68. The molecule has 1 aromatic rings. The van der Waals surface area contributed by atoms with E-state index in [0.717, 1.165) is 6.42 Å². The van der Waals surface area contributed by atoms with E-state index in [1.165, 1.54) is 16.7 Å². The Hall–Kier alpha value is -1.34. The molecule has 0 aliphatic heterocycles. The van der Waals surface area contributed by atoms with E-state index in [2.05, 4.69) is 56.1 Å². The smallest absolute Gasteiger partial charge is 0.0285 e. The van der Waals surface area contributed by atoms with Crippen LogP contribution in [0.3, 0.4) is 0 Å². The molecule has 16 heavy (non-hydrogen) atoms. The number of aryl methyl sites for hydroxylation is 1. The third kappa shape index (κ3) is 3.07. The van der Waals surface area contributed by atoms with Gasteiger partial charge in [-0.15, -0.1) is 6.58 Å². The molecule has 0 spiro atoms. The fourth-order valence-electron chi connectivity index (χ4n) is 1.86. The summed E-state index contributed by atoms with van der Waals surface area (Å²) in [5, 5.41) is 3.25. The van der Waals surface area contributed by atoms with Crippen LogP contribution < -0.4 is 5.32 Å². The minimum absolute atomic E-state index is 0.339. The molecule has 1 unspecified atom stereocenters. The number of likely N-dealkylation sites (N-methyl/N-ethyl adjacent to an activating group) is 1. The summed E-state index contributed by atoms with van der Waals surface area (Å²) in [4.78, 5) is 0. The Morgan fingerprint density at radius 1 is 1.44 bits per heavy atom. The first kappa shape index (κ1) is 12.7. The van der Waals surface area contributed by atoms with Gasteiger partial charge in [-0.25, -0.2) is 0 Å². The van der Waals surface area contributed by atoms with Gasteiger partial charge in [0.1, 0.15) is 0 Å². The molecule has 1 atom stereocenters. The second-order valence-electron chi connectivity index (χ2n) is 3.96. The molecule has 1 aromatic carbocycles. The van der Waals surface area contributed by atoms with E-state index >= 15 is 0 Å². The third-order valence-electron chi connectivity index (χ3n) is 2.93. The zero-order chi connectivity index (χ0) is 12.0. The van der Waals surface area contributed by atoms with Crippen molar-refractivity contribution in [3.05, 3.63) is 54.1 Å². The highest BCUT2D eigenvalue weighted by Gasteiger charge is 2.08. The van der Waals surface area contributed by atoms with Crippen LogP contribution in [0.1, 0.15) is 24.5 Å². The Balaban J connectivity index is 2.92. The average molecular weight is 215 g/mol. The predicted octanol–water partition coefficient (Wildman–Crippen LogP) is 3.56. The number of allylic oxidation sites excluding steroid dienone is 1. The molecule has 1 heteroatoms. The highest BCUT2D eigenvalue weighted by atomic mass is 14.9. The maximum atomic E-state index is 3.85. The van der Waals surface area contributed by atoms with E-state index in [-0.39, 0.29) is 0 Å². The monoisotopic (exact) mass is 215 g/mol. The van der Waals surface area contributed by atoms with E-state index in [1.54, 1.807) is 0 Å². The van der Waals surface area contributed by atoms with Gasteiger partial charge in [-0.2, -0.15) is 0 Å². The molecule has 0 radical (unpaired) electrons. The van der Waals surface area contributed by atoms with Gasteiger partial charge >= 0.3 is 0 Å². The second kappa shape index (κ2) is 6.29. The van der Waals surface area contributed by atoms with Crippen molar-refractivity contribution >= 4 is 5.57 Å². The van der Waals surface area contributed by atoms with Crippen molar-refractivity contribution in [2.24, 2.45) is 0 Å². The fourth-order valence-corrected chi connectivity index (χ4v) is 1.86. The number of nitrogens with one attached hydrogen (secondary N) is 1. The van der Waals surface area contributed by atoms with E-state index in [4.69, 9.17) is 0 Å². The summed E-state index contributed by atoms with van der Waals surface area (Å²) in [6.45, 7) is 8.09. The second-order valence-corrected chi connectivity index (χ2v) is 3.96. The molecule has 86 valence electrons. The highest BCUT2D eigenvalue weighted by Crippen LogP contribution is 2.23. The van der Waals surface area contributed by atoms with E-state index < -0.39 is 0 Å². The Morgan fingerprint density at radius 3 is 2.62 bits per heavy atom. The Labute approximate surface area is 98.9 Å². The quantitative estimate of drug-likeness (QED) is 0.740. The van der Waals surface area contributed by atoms with Gasteiger partial charge in [0, 0.05) is 6.04 Å². The Bertz CT molecular complexity index is 377. The fraction of sp³-hybridized carbons (Fsp3) is 0.333. The molecule has 0 aliphatic carbocycles. The number of rotatable bonds is 5. The summed E-state index contributed by atoms with van der Waals surface area (Å²) in [7, 11) is 1.97. The van der Waals surface area contributed by atoms with Crippen molar-refractivity contribution in [2.75, 3.05) is 7.05 Å². The molecule has 1 rings (SSSR count). The lowest BCUT2D eigenvalue weighted by atomic mass is 9.95. The van der Waals surface area contributed by atoms with Gasteiger partial charge in [0.05, 0.1) is 0 Å². The zero-order valence-corrected chi connectivity index (χ0v) is 10.5. The van der Waals surface area contributed by atoms with Gasteiger partial charge in [0.2, 0.25) is 0 Å². The summed E-state index contributed by atoms with van der Waals surface area (Å²) in [5.74, 6) is 0. The molecule has 0 fully saturated rings. The van der Waals surface area contributed by atoms with Gasteiger partial charge in [0.15, 0.2) is 0 Å². The zero-order valence-electron chi connectivity index (χ0n) is 10.5. The van der Waals surface area contributed by atoms with Crippen LogP contribution in [0.5, 0.6) is 0 Å². The number of hydrogen-bond acceptors (Lipinski definition) is 1. The summed E-state index contributed by atoms with van der Waals surface area (Å²) in [6, 6.07) is 8.84. The lowest BCUT2D eigenvalue weighted by molar-refractivity contribution is 0.685. The standard InChI is InChI=1S/C15H21N/c1-5-13(11-14(6-2)16-4)15-10-8-7-9-12(15)3/h5-10,14,16H,2,11H2,1,3-4H3/b13-5-. The van der Waals surface area contributed by atoms with Crippen molar-refractivity contribution in [1.82, 2.24) is 5.32 Å². The van der Waals surface area contributed by atoms with Crippen molar-refractivity contribution in [3.8, 4) is 0 Å². The average Bonchev–Trinajstić information content (AvgIpc) is 2.32. The van der Waals surface area contributed by atoms with Crippen LogP contribution in [0.2, 0.25) is 0 Å². The SMILES string of the molecule is C=CC(C/C(=C/C)c1ccccc1C)NC. The van der Waals surface area contributed by atoms with Crippen LogP contribution in [0.15, 0.2) is 43.0 Å². The molecule has 1 N–H and O–H groups in total. The van der Waals surface area contributed by atoms with E-state index in [1.807, 2.05) is 13.1 Å². The van der Waals surface area contributed by atoms with Crippen molar-refractivity contribution in [3.63, 3.8) is 0 Å². The summed E-state index contributed by atoms with van der Waals surface area (Å²) in [5.41, 5.74) is 4.04. The van der Waals surface area contributed by atoms with E-state index in [9.17, 15) is 0 Å². The molecule has 0 aliphatic rings. The number of hydrogen-bond donors (Lipinski definition) is 1. The first-order chi connectivity index (χ1) is 7.72. The maximum absolute atomic E-state index is 3.85. The van der Waals surface area contributed by atoms with Crippen LogP contribution in [-0.2, 0) is 0 Å². The van der Waals surface area contributed by atoms with Crippen LogP contribution in [0.25, 0.3) is 5.57 Å². The molecule has 1 nitrogen and oxygen atoms in total. The first-order valence-corrected chi connectivity index (χ1v) is 5.74. The van der Waals surface area contributed by atoms with Crippen LogP contribution in [-0.4, -0.2) is 13.1 Å². The lowest BCUT2D eigenvalue weighted by Crippen LogP contribution is -2.22. The van der Waals surface area contributed by atoms with Gasteiger partial charge in [0.25, 0.3) is 0 Å². The van der Waals surface area contributed by atoms with Crippen LogP contribution >= 0.6 is 0 Å². The van der Waals surface area contributed by atoms with Crippen LogP contribution in [0, 0.1) is 6.92 Å². The molecule has 0 bridgehead atoms. The minimum atomic E-state index is 0.339. The normalized spacial score (nSPS) is 13.6. The minimum Gasteiger partial charge on any atom is -0.313 e. The molecule has 0 saturated heterocycles. The largest absolute Gasteiger partial charge is 0.313 e. The lowest BCUT2D eigenvalue weighted by Gasteiger charge is -2.16. The van der Waals surface area contributed by atoms with Gasteiger partial charge in [-0.1, -0.05) is 36.4 Å². The van der Waals surface area contributed by atoms with Gasteiger partial charge in [-0.3, -0.25) is 0 Å². The van der Waals surface area contributed by atoms with Crippen LogP contribution in [0.4, 0.5) is 0 Å².